The van der Waals surface area contributed by atoms with E-state index >= 15 is 0 Å². The molecule has 1 atom stereocenters. The van der Waals surface area contributed by atoms with Crippen LogP contribution < -0.4 is 15.5 Å². The Labute approximate surface area is 219 Å². The molecule has 0 aliphatic heterocycles. The van der Waals surface area contributed by atoms with E-state index in [0.717, 1.165) is 16.7 Å². The van der Waals surface area contributed by atoms with Crippen molar-refractivity contribution in [1.82, 2.24) is 10.6 Å². The minimum Gasteiger partial charge on any atom is -0.459 e. The molecule has 0 saturated carbocycles. The van der Waals surface area contributed by atoms with E-state index < -0.39 is 23.4 Å². The Kier molecular flexibility index (Phi) is 8.58. The number of nitrogens with zero attached hydrogens (tertiary/aromatic N) is 1. The van der Waals surface area contributed by atoms with E-state index in [1.165, 1.54) is 17.2 Å². The quantitative estimate of drug-likeness (QED) is 0.428. The van der Waals surface area contributed by atoms with Gasteiger partial charge in [0.25, 0.3) is 5.91 Å². The Bertz CT molecular complexity index is 1240. The van der Waals surface area contributed by atoms with E-state index in [9.17, 15) is 14.4 Å². The van der Waals surface area contributed by atoms with Gasteiger partial charge in [0.2, 0.25) is 11.8 Å². The van der Waals surface area contributed by atoms with Crippen molar-refractivity contribution in [1.29, 1.82) is 0 Å². The summed E-state index contributed by atoms with van der Waals surface area (Å²) in [6, 6.07) is 15.7. The SMILES string of the molecule is Cc1ccc(N(C(=O)CNC(=O)c2ccco2)C(C(=O)NC(C)(C)C)c2ccc(C(C)C)cc2)c(C)c1. The van der Waals surface area contributed by atoms with E-state index in [2.05, 4.69) is 24.5 Å². The summed E-state index contributed by atoms with van der Waals surface area (Å²) in [6.07, 6.45) is 1.40. The third kappa shape index (κ3) is 7.09. The highest BCUT2D eigenvalue weighted by molar-refractivity contribution is 6.04. The molecule has 1 unspecified atom stereocenters. The summed E-state index contributed by atoms with van der Waals surface area (Å²) in [7, 11) is 0. The highest BCUT2D eigenvalue weighted by Gasteiger charge is 2.35. The van der Waals surface area contributed by atoms with Crippen molar-refractivity contribution in [3.05, 3.63) is 88.9 Å². The van der Waals surface area contributed by atoms with Gasteiger partial charge in [0.15, 0.2) is 5.76 Å². The molecule has 0 aliphatic carbocycles. The van der Waals surface area contributed by atoms with Crippen molar-refractivity contribution in [3.63, 3.8) is 0 Å². The predicted octanol–water partition coefficient (Wildman–Crippen LogP) is 5.44. The van der Waals surface area contributed by atoms with Crippen molar-refractivity contribution in [2.24, 2.45) is 0 Å². The van der Waals surface area contributed by atoms with E-state index in [0.29, 0.717) is 17.2 Å². The molecule has 0 bridgehead atoms. The van der Waals surface area contributed by atoms with Crippen LogP contribution in [0.25, 0.3) is 0 Å². The largest absolute Gasteiger partial charge is 0.459 e. The minimum atomic E-state index is -0.949. The molecule has 0 spiro atoms. The number of hydrogen-bond donors (Lipinski definition) is 2. The van der Waals surface area contributed by atoms with E-state index in [4.69, 9.17) is 4.42 Å². The number of hydrogen-bond acceptors (Lipinski definition) is 4. The Morgan fingerprint density at radius 2 is 1.59 bits per heavy atom. The smallest absolute Gasteiger partial charge is 0.287 e. The fourth-order valence-electron chi connectivity index (χ4n) is 4.15. The van der Waals surface area contributed by atoms with E-state index in [-0.39, 0.29) is 18.2 Å². The number of amides is 3. The molecule has 7 heteroatoms. The number of anilines is 1. The molecule has 196 valence electrons. The lowest BCUT2D eigenvalue weighted by molar-refractivity contribution is -0.127. The van der Waals surface area contributed by atoms with Crippen LogP contribution in [-0.2, 0) is 9.59 Å². The average Bonchev–Trinajstić information content (AvgIpc) is 3.35. The van der Waals surface area contributed by atoms with Crippen LogP contribution in [0.4, 0.5) is 5.69 Å². The van der Waals surface area contributed by atoms with Gasteiger partial charge in [0.05, 0.1) is 12.8 Å². The van der Waals surface area contributed by atoms with Gasteiger partial charge in [-0.3, -0.25) is 19.3 Å². The van der Waals surface area contributed by atoms with Crippen LogP contribution in [0.2, 0.25) is 0 Å². The number of carbonyl (C=O) groups excluding carboxylic acids is 3. The van der Waals surface area contributed by atoms with Crippen LogP contribution in [0, 0.1) is 13.8 Å². The molecule has 37 heavy (non-hydrogen) atoms. The molecule has 1 aromatic heterocycles. The lowest BCUT2D eigenvalue weighted by atomic mass is 9.96. The summed E-state index contributed by atoms with van der Waals surface area (Å²) in [4.78, 5) is 41.6. The summed E-state index contributed by atoms with van der Waals surface area (Å²) >= 11 is 0. The van der Waals surface area contributed by atoms with Gasteiger partial charge in [-0.15, -0.1) is 0 Å². The van der Waals surface area contributed by atoms with Gasteiger partial charge in [-0.1, -0.05) is 55.8 Å². The Hall–Kier alpha value is -3.87. The summed E-state index contributed by atoms with van der Waals surface area (Å²) in [5, 5.41) is 5.67. The lowest BCUT2D eigenvalue weighted by Gasteiger charge is -2.35. The monoisotopic (exact) mass is 503 g/mol. The number of furan rings is 1. The first-order valence-electron chi connectivity index (χ1n) is 12.5. The van der Waals surface area contributed by atoms with Gasteiger partial charge >= 0.3 is 0 Å². The fraction of sp³-hybridized carbons (Fsp3) is 0.367. The van der Waals surface area contributed by atoms with Gasteiger partial charge in [0, 0.05) is 11.2 Å². The third-order valence-corrected chi connectivity index (χ3v) is 5.95. The molecule has 0 fully saturated rings. The zero-order valence-electron chi connectivity index (χ0n) is 22.7. The fourth-order valence-corrected chi connectivity index (χ4v) is 4.15. The maximum Gasteiger partial charge on any atom is 0.287 e. The molecule has 0 saturated heterocycles. The van der Waals surface area contributed by atoms with Gasteiger partial charge < -0.3 is 15.1 Å². The first-order valence-corrected chi connectivity index (χ1v) is 12.5. The Balaban J connectivity index is 2.08. The average molecular weight is 504 g/mol. The maximum atomic E-state index is 13.8. The van der Waals surface area contributed by atoms with Gasteiger partial charge in [0.1, 0.15) is 6.04 Å². The highest BCUT2D eigenvalue weighted by atomic mass is 16.3. The molecule has 7 nitrogen and oxygen atoms in total. The molecule has 0 aliphatic rings. The first-order chi connectivity index (χ1) is 17.4. The van der Waals surface area contributed by atoms with Crippen LogP contribution in [0.3, 0.4) is 0 Å². The first kappa shape index (κ1) is 27.7. The second kappa shape index (κ2) is 11.5. The molecule has 3 amide bonds. The van der Waals surface area contributed by atoms with Crippen molar-refractivity contribution in [2.45, 2.75) is 66.0 Å². The number of nitrogens with one attached hydrogen (secondary N) is 2. The molecular weight excluding hydrogens is 466 g/mol. The number of benzene rings is 2. The molecule has 2 N–H and O–H groups in total. The zero-order chi connectivity index (χ0) is 27.3. The normalized spacial score (nSPS) is 12.2. The molecule has 1 heterocycles. The van der Waals surface area contributed by atoms with Crippen molar-refractivity contribution in [3.8, 4) is 0 Å². The lowest BCUT2D eigenvalue weighted by Crippen LogP contribution is -2.51. The van der Waals surface area contributed by atoms with Gasteiger partial charge in [-0.2, -0.15) is 0 Å². The summed E-state index contributed by atoms with van der Waals surface area (Å²) in [5.41, 5.74) is 3.78. The van der Waals surface area contributed by atoms with Gasteiger partial charge in [-0.05, 0) is 75.4 Å². The minimum absolute atomic E-state index is 0.108. The second-order valence-corrected chi connectivity index (χ2v) is 10.7. The van der Waals surface area contributed by atoms with Crippen LogP contribution in [0.5, 0.6) is 0 Å². The molecule has 2 aromatic carbocycles. The molecular formula is C30H37N3O4. The van der Waals surface area contributed by atoms with E-state index in [1.807, 2.05) is 77.1 Å². The molecule has 0 radical (unpaired) electrons. The van der Waals surface area contributed by atoms with Crippen LogP contribution in [0.1, 0.15) is 79.4 Å². The van der Waals surface area contributed by atoms with E-state index in [1.54, 1.807) is 6.07 Å². The summed E-state index contributed by atoms with van der Waals surface area (Å²) in [6.45, 7) is 13.5. The Morgan fingerprint density at radius 1 is 0.946 bits per heavy atom. The summed E-state index contributed by atoms with van der Waals surface area (Å²) in [5.74, 6) is -0.804. The van der Waals surface area contributed by atoms with Crippen molar-refractivity contribution >= 4 is 23.4 Å². The number of aryl methyl sites for hydroxylation is 2. The number of carbonyl (C=O) groups is 3. The molecule has 3 rings (SSSR count). The predicted molar refractivity (Wildman–Crippen MR) is 146 cm³/mol. The summed E-state index contributed by atoms with van der Waals surface area (Å²) < 4.78 is 5.14. The zero-order valence-corrected chi connectivity index (χ0v) is 22.7. The standard InChI is InChI=1S/C30H37N3O4/c1-19(2)22-11-13-23(14-12-22)27(29(36)32-30(5,6)7)33(24-15-10-20(3)17-21(24)4)26(34)18-31-28(35)25-9-8-16-37-25/h8-17,19,27H,18H2,1-7H3,(H,31,35)(H,32,36). The highest BCUT2D eigenvalue weighted by Crippen LogP contribution is 2.32. The van der Waals surface area contributed by atoms with Crippen LogP contribution in [0.15, 0.2) is 65.3 Å². The van der Waals surface area contributed by atoms with Crippen LogP contribution in [-0.4, -0.2) is 29.8 Å². The number of rotatable bonds is 8. The van der Waals surface area contributed by atoms with Crippen LogP contribution >= 0.6 is 0 Å². The topological polar surface area (TPSA) is 91.7 Å². The second-order valence-electron chi connectivity index (χ2n) is 10.7. The maximum absolute atomic E-state index is 13.8. The Morgan fingerprint density at radius 3 is 2.14 bits per heavy atom. The van der Waals surface area contributed by atoms with Crippen molar-refractivity contribution in [2.75, 3.05) is 11.4 Å². The third-order valence-electron chi connectivity index (χ3n) is 5.95. The van der Waals surface area contributed by atoms with Crippen molar-refractivity contribution < 1.29 is 18.8 Å². The van der Waals surface area contributed by atoms with Gasteiger partial charge in [-0.25, -0.2) is 0 Å². The molecule has 3 aromatic rings.